The number of carbonyl (C=O) groups is 1. The Kier molecular flexibility index (Phi) is 8.22. The smallest absolute Gasteiger partial charge is 0.245 e. The summed E-state index contributed by atoms with van der Waals surface area (Å²) in [6, 6.07) is 9.26. The third-order valence-corrected chi connectivity index (χ3v) is 6.59. The molecule has 3 heterocycles. The van der Waals surface area contributed by atoms with Gasteiger partial charge >= 0.3 is 0 Å². The maximum absolute atomic E-state index is 12.5. The second-order valence-corrected chi connectivity index (χ2v) is 10.8. The number of aromatic nitrogens is 4. The van der Waals surface area contributed by atoms with Crippen LogP contribution in [-0.2, 0) is 34.5 Å². The molecular weight excluding hydrogens is 518 g/mol. The third kappa shape index (κ3) is 7.39. The number of hydrogen-bond donors (Lipinski definition) is 3. The van der Waals surface area contributed by atoms with Crippen LogP contribution < -0.4 is 15.4 Å². The highest BCUT2D eigenvalue weighted by molar-refractivity contribution is 7.88. The van der Waals surface area contributed by atoms with Gasteiger partial charge in [-0.05, 0) is 24.0 Å². The van der Waals surface area contributed by atoms with Gasteiger partial charge in [-0.15, -0.1) is 0 Å². The van der Waals surface area contributed by atoms with E-state index in [2.05, 4.69) is 36.5 Å². The van der Waals surface area contributed by atoms with E-state index in [1.54, 1.807) is 17.3 Å². The minimum absolute atomic E-state index is 0.0346. The SMILES string of the molecule is CS(=O)(=O)NCc1cccc(CNc2nc(Nc3cnn(CC(=O)N4CCC[C@H]4C#N)c3)ncc2Cl)c1. The molecule has 1 aliphatic heterocycles. The molecule has 1 saturated heterocycles. The number of carbonyl (C=O) groups excluding carboxylic acids is 1. The number of benzene rings is 1. The van der Waals surface area contributed by atoms with E-state index >= 15 is 0 Å². The summed E-state index contributed by atoms with van der Waals surface area (Å²) in [7, 11) is -3.28. The van der Waals surface area contributed by atoms with Gasteiger partial charge in [-0.1, -0.05) is 35.9 Å². The number of hydrogen-bond acceptors (Lipinski definition) is 9. The summed E-state index contributed by atoms with van der Waals surface area (Å²) in [6.45, 7) is 1.22. The molecule has 1 aromatic carbocycles. The van der Waals surface area contributed by atoms with Crippen LogP contribution in [0.15, 0.2) is 42.9 Å². The summed E-state index contributed by atoms with van der Waals surface area (Å²) in [5.74, 6) is 0.551. The Morgan fingerprint density at radius 2 is 2.05 bits per heavy atom. The van der Waals surface area contributed by atoms with Gasteiger partial charge < -0.3 is 15.5 Å². The molecule has 0 radical (unpaired) electrons. The summed E-state index contributed by atoms with van der Waals surface area (Å²) in [4.78, 5) is 22.8. The molecule has 12 nitrogen and oxygen atoms in total. The molecule has 1 amide bonds. The predicted octanol–water partition coefficient (Wildman–Crippen LogP) is 2.25. The summed E-state index contributed by atoms with van der Waals surface area (Å²) in [6.07, 6.45) is 7.33. The topological polar surface area (TPSA) is 158 Å². The molecule has 1 fully saturated rings. The Hall–Kier alpha value is -3.73. The van der Waals surface area contributed by atoms with Crippen LogP contribution in [0.4, 0.5) is 17.5 Å². The normalized spacial score (nSPS) is 15.4. The molecular formula is C23H26ClN9O3S. The summed E-state index contributed by atoms with van der Waals surface area (Å²) in [5, 5.41) is 20.0. The Morgan fingerprint density at radius 3 is 2.81 bits per heavy atom. The summed E-state index contributed by atoms with van der Waals surface area (Å²) >= 11 is 6.27. The Morgan fingerprint density at radius 1 is 1.27 bits per heavy atom. The molecule has 0 spiro atoms. The minimum Gasteiger partial charge on any atom is -0.365 e. The van der Waals surface area contributed by atoms with Crippen LogP contribution in [0.1, 0.15) is 24.0 Å². The molecule has 0 bridgehead atoms. The molecule has 0 saturated carbocycles. The molecule has 37 heavy (non-hydrogen) atoms. The second-order valence-electron chi connectivity index (χ2n) is 8.58. The number of likely N-dealkylation sites (tertiary alicyclic amines) is 1. The summed E-state index contributed by atoms with van der Waals surface area (Å²) < 4.78 is 26.6. The molecule has 3 aromatic rings. The van der Waals surface area contributed by atoms with Crippen LogP contribution in [0.25, 0.3) is 0 Å². The van der Waals surface area contributed by atoms with E-state index < -0.39 is 10.0 Å². The van der Waals surface area contributed by atoms with Crippen molar-refractivity contribution in [3.63, 3.8) is 0 Å². The van der Waals surface area contributed by atoms with Gasteiger partial charge in [0.25, 0.3) is 0 Å². The maximum atomic E-state index is 12.5. The lowest BCUT2D eigenvalue weighted by molar-refractivity contribution is -0.132. The minimum atomic E-state index is -3.28. The molecule has 0 aliphatic carbocycles. The van der Waals surface area contributed by atoms with Crippen molar-refractivity contribution in [2.75, 3.05) is 23.4 Å². The number of nitriles is 1. The quantitative estimate of drug-likeness (QED) is 0.348. The van der Waals surface area contributed by atoms with Crippen LogP contribution >= 0.6 is 11.6 Å². The zero-order valence-electron chi connectivity index (χ0n) is 20.1. The van der Waals surface area contributed by atoms with Gasteiger partial charge in [-0.25, -0.2) is 18.1 Å². The zero-order chi connectivity index (χ0) is 26.4. The summed E-state index contributed by atoms with van der Waals surface area (Å²) in [5.41, 5.74) is 2.33. The Labute approximate surface area is 219 Å². The van der Waals surface area contributed by atoms with Gasteiger partial charge in [-0.2, -0.15) is 15.3 Å². The number of amides is 1. The van der Waals surface area contributed by atoms with E-state index in [1.807, 2.05) is 24.3 Å². The highest BCUT2D eigenvalue weighted by atomic mass is 35.5. The maximum Gasteiger partial charge on any atom is 0.245 e. The molecule has 1 aliphatic rings. The van der Waals surface area contributed by atoms with E-state index in [9.17, 15) is 18.5 Å². The van der Waals surface area contributed by atoms with Crippen molar-refractivity contribution in [2.24, 2.45) is 0 Å². The van der Waals surface area contributed by atoms with Crippen molar-refractivity contribution in [3.05, 3.63) is 59.0 Å². The van der Waals surface area contributed by atoms with Crippen molar-refractivity contribution >= 4 is 45.0 Å². The average molecular weight is 544 g/mol. The van der Waals surface area contributed by atoms with Crippen molar-refractivity contribution in [3.8, 4) is 6.07 Å². The van der Waals surface area contributed by atoms with Gasteiger partial charge in [-0.3, -0.25) is 9.48 Å². The fraction of sp³-hybridized carbons (Fsp3) is 0.348. The molecule has 194 valence electrons. The first-order chi connectivity index (χ1) is 17.7. The highest BCUT2D eigenvalue weighted by Crippen LogP contribution is 2.22. The molecule has 14 heteroatoms. The first-order valence-corrected chi connectivity index (χ1v) is 13.7. The largest absolute Gasteiger partial charge is 0.365 e. The number of nitrogens with zero attached hydrogens (tertiary/aromatic N) is 6. The van der Waals surface area contributed by atoms with Gasteiger partial charge in [0.15, 0.2) is 5.82 Å². The van der Waals surface area contributed by atoms with E-state index in [0.717, 1.165) is 23.8 Å². The van der Waals surface area contributed by atoms with Crippen LogP contribution in [0.5, 0.6) is 0 Å². The third-order valence-electron chi connectivity index (χ3n) is 5.64. The lowest BCUT2D eigenvalue weighted by Crippen LogP contribution is -2.37. The van der Waals surface area contributed by atoms with Gasteiger partial charge in [0.05, 0.1) is 30.4 Å². The lowest BCUT2D eigenvalue weighted by Gasteiger charge is -2.19. The monoisotopic (exact) mass is 543 g/mol. The van der Waals surface area contributed by atoms with Crippen molar-refractivity contribution < 1.29 is 13.2 Å². The van der Waals surface area contributed by atoms with Crippen molar-refractivity contribution in [1.29, 1.82) is 5.26 Å². The average Bonchev–Trinajstić information content (AvgIpc) is 3.52. The standard InChI is InChI=1S/C23H26ClN9O3S/c1-37(35,36)29-11-17-5-2-4-16(8-17)10-26-22-20(24)13-27-23(31-22)30-18-12-28-32(14-18)15-21(34)33-7-3-6-19(33)9-25/h2,4-5,8,12-14,19,29H,3,6-7,10-11,15H2,1H3,(H2,26,27,30,31)/t19-/m0/s1. The zero-order valence-corrected chi connectivity index (χ0v) is 21.6. The Balaban J connectivity index is 1.36. The highest BCUT2D eigenvalue weighted by Gasteiger charge is 2.28. The van der Waals surface area contributed by atoms with Gasteiger partial charge in [0, 0.05) is 25.8 Å². The van der Waals surface area contributed by atoms with Gasteiger partial charge in [0.1, 0.15) is 17.6 Å². The lowest BCUT2D eigenvalue weighted by atomic mass is 10.1. The van der Waals surface area contributed by atoms with Crippen LogP contribution in [-0.4, -0.2) is 57.8 Å². The fourth-order valence-corrected chi connectivity index (χ4v) is 4.46. The molecule has 3 N–H and O–H groups in total. The number of nitrogens with one attached hydrogen (secondary N) is 3. The molecule has 4 rings (SSSR count). The van der Waals surface area contributed by atoms with E-state index in [4.69, 9.17) is 11.6 Å². The van der Waals surface area contributed by atoms with E-state index in [1.165, 1.54) is 10.9 Å². The van der Waals surface area contributed by atoms with Crippen molar-refractivity contribution in [1.82, 2.24) is 29.4 Å². The second kappa shape index (κ2) is 11.5. The first kappa shape index (κ1) is 26.3. The number of sulfonamides is 1. The van der Waals surface area contributed by atoms with E-state index in [0.29, 0.717) is 36.0 Å². The fourth-order valence-electron chi connectivity index (χ4n) is 3.87. The first-order valence-electron chi connectivity index (χ1n) is 11.5. The van der Waals surface area contributed by atoms with E-state index in [-0.39, 0.29) is 31.0 Å². The molecule has 2 aromatic heterocycles. The Bertz CT molecular complexity index is 1420. The van der Waals surface area contributed by atoms with Crippen LogP contribution in [0, 0.1) is 11.3 Å². The molecule has 0 unspecified atom stereocenters. The van der Waals surface area contributed by atoms with Crippen molar-refractivity contribution in [2.45, 2.75) is 38.5 Å². The number of anilines is 3. The number of rotatable bonds is 10. The number of halogens is 1. The van der Waals surface area contributed by atoms with Crippen LogP contribution in [0.2, 0.25) is 5.02 Å². The van der Waals surface area contributed by atoms with Gasteiger partial charge in [0.2, 0.25) is 21.9 Å². The predicted molar refractivity (Wildman–Crippen MR) is 138 cm³/mol. The molecule has 1 atom stereocenters. The van der Waals surface area contributed by atoms with Crippen LogP contribution in [0.3, 0.4) is 0 Å².